The van der Waals surface area contributed by atoms with E-state index in [1.807, 2.05) is 0 Å². The Morgan fingerprint density at radius 1 is 1.00 bits per heavy atom. The summed E-state index contributed by atoms with van der Waals surface area (Å²) in [6.45, 7) is 0. The van der Waals surface area contributed by atoms with Gasteiger partial charge in [-0.25, -0.2) is 0 Å². The van der Waals surface area contributed by atoms with Gasteiger partial charge in [0, 0.05) is 11.5 Å². The second-order valence-electron chi connectivity index (χ2n) is 2.46. The summed E-state index contributed by atoms with van der Waals surface area (Å²) in [5, 5.41) is 16.8. The van der Waals surface area contributed by atoms with Crippen LogP contribution in [0.15, 0.2) is 0 Å². The third kappa shape index (κ3) is 6.08. The first-order chi connectivity index (χ1) is 6.45. The zero-order valence-corrected chi connectivity index (χ0v) is 8.88. The van der Waals surface area contributed by atoms with Crippen LogP contribution in [-0.4, -0.2) is 45.7 Å². The van der Waals surface area contributed by atoms with Crippen molar-refractivity contribution in [2.24, 2.45) is 11.5 Å². The minimum Gasteiger partial charge on any atom is -0.480 e. The van der Waals surface area contributed by atoms with Crippen LogP contribution in [0.4, 0.5) is 0 Å². The van der Waals surface area contributed by atoms with Crippen molar-refractivity contribution in [2.75, 3.05) is 11.5 Å². The second-order valence-corrected chi connectivity index (χ2v) is 5.01. The highest BCUT2D eigenvalue weighted by atomic mass is 33.1. The molecule has 6 N–H and O–H groups in total. The molecule has 0 saturated heterocycles. The average molecular weight is 243 g/mol. The van der Waals surface area contributed by atoms with Gasteiger partial charge in [0.05, 0.1) is 0 Å². The van der Waals surface area contributed by atoms with Gasteiger partial charge in [-0.1, -0.05) is 21.6 Å². The summed E-state index contributed by atoms with van der Waals surface area (Å²) >= 11 is 0. The zero-order chi connectivity index (χ0) is 11.1. The maximum Gasteiger partial charge on any atom is 0.321 e. The fourth-order valence-corrected chi connectivity index (χ4v) is 2.61. The van der Waals surface area contributed by atoms with Gasteiger partial charge in [0.25, 0.3) is 0 Å². The van der Waals surface area contributed by atoms with Gasteiger partial charge in [0.15, 0.2) is 0 Å². The lowest BCUT2D eigenvalue weighted by molar-refractivity contribution is -0.138. The fraction of sp³-hybridized carbons (Fsp3) is 0.667. The van der Waals surface area contributed by atoms with Gasteiger partial charge in [-0.3, -0.25) is 9.59 Å². The number of carbonyl (C=O) groups is 2. The fourth-order valence-electron chi connectivity index (χ4n) is 0.385. The molecule has 0 rings (SSSR count). The zero-order valence-electron chi connectivity index (χ0n) is 7.25. The largest absolute Gasteiger partial charge is 0.480 e. The molecule has 14 heavy (non-hydrogen) atoms. The minimum absolute atomic E-state index is 0.229. The van der Waals surface area contributed by atoms with E-state index in [0.29, 0.717) is 0 Å². The summed E-state index contributed by atoms with van der Waals surface area (Å²) in [5.74, 6) is -1.68. The molecule has 0 unspecified atom stereocenters. The van der Waals surface area contributed by atoms with Gasteiger partial charge in [0.2, 0.25) is 0 Å². The monoisotopic (exact) mass is 243 g/mol. The maximum absolute atomic E-state index is 10.3. The molecule has 0 fully saturated rings. The molecule has 0 aliphatic rings. The topological polar surface area (TPSA) is 127 Å². The van der Waals surface area contributed by atoms with Crippen LogP contribution in [0.1, 0.15) is 0 Å². The van der Waals surface area contributed by atoms with Crippen molar-refractivity contribution in [1.82, 2.24) is 0 Å². The van der Waals surface area contributed by atoms with Crippen molar-refractivity contribution in [3.05, 3.63) is 0 Å². The van der Waals surface area contributed by atoms with Crippen LogP contribution in [0.2, 0.25) is 0 Å². The van der Waals surface area contributed by atoms with Crippen LogP contribution >= 0.6 is 21.6 Å². The van der Waals surface area contributed by atoms with Gasteiger partial charge in [-0.05, 0) is 0 Å². The van der Waals surface area contributed by atoms with E-state index < -0.39 is 24.0 Å². The van der Waals surface area contributed by atoms with Gasteiger partial charge < -0.3 is 21.7 Å². The number of nitrogens with two attached hydrogens (primary N) is 2. The van der Waals surface area contributed by atoms with E-state index in [-0.39, 0.29) is 11.5 Å². The third-order valence-corrected chi connectivity index (χ3v) is 3.69. The summed E-state index contributed by atoms with van der Waals surface area (Å²) in [4.78, 5) is 20.5. The van der Waals surface area contributed by atoms with E-state index in [9.17, 15) is 9.59 Å². The lowest BCUT2D eigenvalue weighted by Crippen LogP contribution is -2.33. The van der Waals surface area contributed by atoms with E-state index in [0.717, 1.165) is 0 Å². The van der Waals surface area contributed by atoms with Gasteiger partial charge in [-0.15, -0.1) is 0 Å². The first-order valence-corrected chi connectivity index (χ1v) is 6.15. The molecule has 0 spiro atoms. The van der Waals surface area contributed by atoms with E-state index in [1.54, 1.807) is 0 Å². The molecule has 0 heterocycles. The molecule has 8 heteroatoms. The standard InChI is InChI=1S/C6H12N2O4S2/c7-3(5(9)10)1-13-14-2-4(8)6(11)12/h3-4H,1-2,7-8H2,(H,9,10)(H,11,12)/t3-,4-/m0/s1/i1+1,3+1,5+1. The summed E-state index contributed by atoms with van der Waals surface area (Å²) in [6.07, 6.45) is 0. The van der Waals surface area contributed by atoms with Crippen LogP contribution < -0.4 is 11.5 Å². The van der Waals surface area contributed by atoms with Crippen molar-refractivity contribution in [3.8, 4) is 0 Å². The highest BCUT2D eigenvalue weighted by molar-refractivity contribution is 8.76. The summed E-state index contributed by atoms with van der Waals surface area (Å²) in [7, 11) is 2.41. The molecule has 0 aromatic carbocycles. The molecular formula is C6H12N2O4S2. The Bertz CT molecular complexity index is 192. The van der Waals surface area contributed by atoms with E-state index >= 15 is 0 Å². The summed E-state index contributed by atoms with van der Waals surface area (Å²) in [6, 6.07) is -1.85. The summed E-state index contributed by atoms with van der Waals surface area (Å²) < 4.78 is 0. The normalized spacial score (nSPS) is 14.7. The average Bonchev–Trinajstić information content (AvgIpc) is 2.11. The molecule has 0 amide bonds. The number of rotatable bonds is 7. The molecule has 0 aromatic rings. The SMILES string of the molecule is N[C@@H](CSS[13CH2][13C@H](N)[13C](=O)O)C(=O)O. The van der Waals surface area contributed by atoms with E-state index in [4.69, 9.17) is 21.7 Å². The van der Waals surface area contributed by atoms with Crippen LogP contribution in [0.5, 0.6) is 0 Å². The van der Waals surface area contributed by atoms with Crippen LogP contribution in [0, 0.1) is 0 Å². The molecule has 0 aliphatic heterocycles. The Morgan fingerprint density at radius 2 is 1.29 bits per heavy atom. The Morgan fingerprint density at radius 3 is 1.50 bits per heavy atom. The Hall–Kier alpha value is -0.440. The molecule has 0 bridgehead atoms. The number of carboxylic acid groups (broad SMARTS) is 2. The number of hydrogen-bond acceptors (Lipinski definition) is 6. The number of aliphatic carboxylic acids is 2. The Balaban J connectivity index is 3.47. The first kappa shape index (κ1) is 13.6. The van der Waals surface area contributed by atoms with Gasteiger partial charge in [0.1, 0.15) is 12.1 Å². The van der Waals surface area contributed by atoms with Crippen molar-refractivity contribution < 1.29 is 19.8 Å². The van der Waals surface area contributed by atoms with Crippen molar-refractivity contribution in [3.63, 3.8) is 0 Å². The van der Waals surface area contributed by atoms with Crippen molar-refractivity contribution in [1.29, 1.82) is 0 Å². The predicted molar refractivity (Wildman–Crippen MR) is 56.1 cm³/mol. The van der Waals surface area contributed by atoms with Gasteiger partial charge >= 0.3 is 11.9 Å². The molecular weight excluding hydrogens is 231 g/mol. The second kappa shape index (κ2) is 6.93. The first-order valence-electron chi connectivity index (χ1n) is 3.66. The Kier molecular flexibility index (Phi) is 6.71. The highest BCUT2D eigenvalue weighted by Crippen LogP contribution is 2.22. The van der Waals surface area contributed by atoms with E-state index in [2.05, 4.69) is 0 Å². The molecule has 82 valence electrons. The lowest BCUT2D eigenvalue weighted by Gasteiger charge is -2.07. The van der Waals surface area contributed by atoms with Crippen LogP contribution in [0.3, 0.4) is 0 Å². The van der Waals surface area contributed by atoms with Crippen molar-refractivity contribution in [2.45, 2.75) is 12.1 Å². The smallest absolute Gasteiger partial charge is 0.321 e. The highest BCUT2D eigenvalue weighted by Gasteiger charge is 2.14. The molecule has 6 nitrogen and oxygen atoms in total. The molecule has 0 aromatic heterocycles. The molecule has 0 radical (unpaired) electrons. The number of hydrogen-bond donors (Lipinski definition) is 4. The van der Waals surface area contributed by atoms with Crippen LogP contribution in [-0.2, 0) is 9.59 Å². The van der Waals surface area contributed by atoms with Crippen molar-refractivity contribution >= 4 is 33.5 Å². The predicted octanol–water partition coefficient (Wildman–Crippen LogP) is -0.808. The lowest BCUT2D eigenvalue weighted by atomic mass is 10.4. The molecule has 0 saturated carbocycles. The molecule has 2 atom stereocenters. The van der Waals surface area contributed by atoms with Crippen LogP contribution in [0.25, 0.3) is 0 Å². The maximum atomic E-state index is 10.3. The summed E-state index contributed by atoms with van der Waals surface area (Å²) in [5.41, 5.74) is 10.4. The third-order valence-electron chi connectivity index (χ3n) is 1.21. The number of carboxylic acids is 2. The quantitative estimate of drug-likeness (QED) is 0.260. The van der Waals surface area contributed by atoms with E-state index in [1.165, 1.54) is 21.6 Å². The minimum atomic E-state index is -1.07. The van der Waals surface area contributed by atoms with Gasteiger partial charge in [-0.2, -0.15) is 0 Å². The molecule has 0 aliphatic carbocycles. The Labute approximate surface area is 88.8 Å².